The number of carbonyl (C=O) groups is 1. The van der Waals surface area contributed by atoms with E-state index in [2.05, 4.69) is 5.16 Å². The summed E-state index contributed by atoms with van der Waals surface area (Å²) in [6.07, 6.45) is 4.78. The molecule has 1 aromatic heterocycles. The van der Waals surface area contributed by atoms with E-state index < -0.39 is 5.97 Å². The van der Waals surface area contributed by atoms with Crippen molar-refractivity contribution in [3.63, 3.8) is 0 Å². The number of hydrogen-bond donors (Lipinski definition) is 1. The van der Waals surface area contributed by atoms with Crippen LogP contribution >= 0.6 is 0 Å². The molecular weight excluding hydrogens is 194 g/mol. The van der Waals surface area contributed by atoms with Crippen LogP contribution in [0.5, 0.6) is 0 Å². The van der Waals surface area contributed by atoms with Gasteiger partial charge in [-0.15, -0.1) is 0 Å². The summed E-state index contributed by atoms with van der Waals surface area (Å²) in [5.74, 6) is -0.0565. The fourth-order valence-corrected chi connectivity index (χ4v) is 1.93. The first-order valence-electron chi connectivity index (χ1n) is 5.45. The maximum atomic E-state index is 11.1. The van der Waals surface area contributed by atoms with Gasteiger partial charge in [0.05, 0.1) is 0 Å². The fraction of sp³-hybridized carbons (Fsp3) is 0.636. The van der Waals surface area contributed by atoms with Crippen molar-refractivity contribution < 1.29 is 14.4 Å². The van der Waals surface area contributed by atoms with Crippen LogP contribution in [0.3, 0.4) is 0 Å². The monoisotopic (exact) mass is 209 g/mol. The molecule has 0 aliphatic heterocycles. The molecule has 1 aromatic rings. The quantitative estimate of drug-likeness (QED) is 0.827. The third kappa shape index (κ3) is 1.76. The highest BCUT2D eigenvalue weighted by Gasteiger charge is 2.30. The normalized spacial score (nSPS) is 16.3. The highest BCUT2D eigenvalue weighted by molar-refractivity contribution is 5.90. The van der Waals surface area contributed by atoms with Crippen molar-refractivity contribution in [2.45, 2.75) is 44.9 Å². The van der Waals surface area contributed by atoms with E-state index in [1.165, 1.54) is 6.42 Å². The van der Waals surface area contributed by atoms with Crippen LogP contribution in [0.15, 0.2) is 4.52 Å². The second-order valence-corrected chi connectivity index (χ2v) is 4.05. The van der Waals surface area contributed by atoms with Crippen LogP contribution in [0.4, 0.5) is 0 Å². The number of aromatic carboxylic acids is 1. The van der Waals surface area contributed by atoms with E-state index >= 15 is 0 Å². The number of aromatic nitrogens is 1. The number of rotatable bonds is 4. The molecule has 2 rings (SSSR count). The molecule has 82 valence electrons. The van der Waals surface area contributed by atoms with Crippen molar-refractivity contribution in [1.29, 1.82) is 0 Å². The van der Waals surface area contributed by atoms with E-state index in [4.69, 9.17) is 9.63 Å². The first-order chi connectivity index (χ1) is 7.24. The van der Waals surface area contributed by atoms with Crippen LogP contribution in [-0.2, 0) is 6.42 Å². The predicted molar refractivity (Wildman–Crippen MR) is 54.0 cm³/mol. The summed E-state index contributed by atoms with van der Waals surface area (Å²) in [7, 11) is 0. The summed E-state index contributed by atoms with van der Waals surface area (Å²) in [4.78, 5) is 11.1. The lowest BCUT2D eigenvalue weighted by Crippen LogP contribution is -2.14. The van der Waals surface area contributed by atoms with Crippen molar-refractivity contribution in [3.05, 3.63) is 17.0 Å². The van der Waals surface area contributed by atoms with Gasteiger partial charge in [0.1, 0.15) is 11.3 Å². The van der Waals surface area contributed by atoms with Crippen molar-refractivity contribution in [1.82, 2.24) is 5.16 Å². The zero-order valence-electron chi connectivity index (χ0n) is 8.82. The molecule has 15 heavy (non-hydrogen) atoms. The number of hydrogen-bond acceptors (Lipinski definition) is 3. The summed E-state index contributed by atoms with van der Waals surface area (Å²) in [6, 6.07) is 0. The van der Waals surface area contributed by atoms with Crippen LogP contribution < -0.4 is 0 Å². The Morgan fingerprint density at radius 3 is 2.80 bits per heavy atom. The zero-order valence-corrected chi connectivity index (χ0v) is 8.82. The van der Waals surface area contributed by atoms with Gasteiger partial charge < -0.3 is 9.63 Å². The minimum Gasteiger partial charge on any atom is -0.477 e. The van der Waals surface area contributed by atoms with E-state index in [1.807, 2.05) is 6.92 Å². The molecule has 0 radical (unpaired) electrons. The highest BCUT2D eigenvalue weighted by atomic mass is 16.5. The molecule has 0 saturated heterocycles. The maximum Gasteiger partial charge on any atom is 0.341 e. The minimum atomic E-state index is -0.901. The van der Waals surface area contributed by atoms with Crippen molar-refractivity contribution in [2.75, 3.05) is 0 Å². The van der Waals surface area contributed by atoms with E-state index in [1.54, 1.807) is 0 Å². The number of aryl methyl sites for hydroxylation is 1. The van der Waals surface area contributed by atoms with Gasteiger partial charge in [-0.3, -0.25) is 0 Å². The SMILES string of the molecule is CCCc1onc(C2CCC2)c1C(=O)O. The molecule has 0 bridgehead atoms. The standard InChI is InChI=1S/C11H15NO3/c1-2-4-8-9(11(13)14)10(12-15-8)7-5-3-6-7/h7H,2-6H2,1H3,(H,13,14). The molecule has 4 heteroatoms. The molecule has 0 amide bonds. The van der Waals surface area contributed by atoms with E-state index in [0.29, 0.717) is 29.4 Å². The molecular formula is C11H15NO3. The van der Waals surface area contributed by atoms with Crippen LogP contribution in [-0.4, -0.2) is 16.2 Å². The van der Waals surface area contributed by atoms with Gasteiger partial charge >= 0.3 is 5.97 Å². The van der Waals surface area contributed by atoms with Crippen LogP contribution in [0, 0.1) is 0 Å². The van der Waals surface area contributed by atoms with Crippen molar-refractivity contribution >= 4 is 5.97 Å². The van der Waals surface area contributed by atoms with Gasteiger partial charge in [-0.05, 0) is 19.3 Å². The Kier molecular flexibility index (Phi) is 2.75. The Bertz CT molecular complexity index is 366. The predicted octanol–water partition coefficient (Wildman–Crippen LogP) is 2.59. The minimum absolute atomic E-state index is 0.311. The van der Waals surface area contributed by atoms with Gasteiger partial charge in [0.15, 0.2) is 5.76 Å². The Labute approximate surface area is 88.3 Å². The molecule has 4 nitrogen and oxygen atoms in total. The van der Waals surface area contributed by atoms with Gasteiger partial charge in [-0.2, -0.15) is 0 Å². The van der Waals surface area contributed by atoms with Gasteiger partial charge in [0.2, 0.25) is 0 Å². The molecule has 0 aromatic carbocycles. The summed E-state index contributed by atoms with van der Waals surface area (Å²) in [5.41, 5.74) is 0.985. The molecule has 0 spiro atoms. The zero-order chi connectivity index (χ0) is 10.8. The number of carboxylic acid groups (broad SMARTS) is 1. The van der Waals surface area contributed by atoms with Crippen molar-refractivity contribution in [2.24, 2.45) is 0 Å². The molecule has 1 aliphatic carbocycles. The average Bonchev–Trinajstić information content (AvgIpc) is 2.46. The lowest BCUT2D eigenvalue weighted by atomic mass is 9.81. The van der Waals surface area contributed by atoms with Crippen LogP contribution in [0.1, 0.15) is 60.3 Å². The van der Waals surface area contributed by atoms with Gasteiger partial charge in [0.25, 0.3) is 0 Å². The van der Waals surface area contributed by atoms with E-state index in [0.717, 1.165) is 19.3 Å². The number of nitrogens with zero attached hydrogens (tertiary/aromatic N) is 1. The highest BCUT2D eigenvalue weighted by Crippen LogP contribution is 2.38. The Morgan fingerprint density at radius 1 is 1.60 bits per heavy atom. The van der Waals surface area contributed by atoms with Gasteiger partial charge in [0, 0.05) is 12.3 Å². The van der Waals surface area contributed by atoms with Crippen molar-refractivity contribution in [3.8, 4) is 0 Å². The largest absolute Gasteiger partial charge is 0.477 e. The lowest BCUT2D eigenvalue weighted by molar-refractivity contribution is 0.0692. The average molecular weight is 209 g/mol. The Morgan fingerprint density at radius 2 is 2.33 bits per heavy atom. The van der Waals surface area contributed by atoms with Gasteiger partial charge in [-0.1, -0.05) is 18.5 Å². The number of carboxylic acids is 1. The second-order valence-electron chi connectivity index (χ2n) is 4.05. The Balaban J connectivity index is 2.32. The maximum absolute atomic E-state index is 11.1. The smallest absolute Gasteiger partial charge is 0.341 e. The molecule has 1 heterocycles. The first kappa shape index (κ1) is 10.2. The Hall–Kier alpha value is -1.32. The summed E-state index contributed by atoms with van der Waals surface area (Å²) in [6.45, 7) is 2.00. The topological polar surface area (TPSA) is 63.3 Å². The summed E-state index contributed by atoms with van der Waals surface area (Å²) >= 11 is 0. The third-order valence-electron chi connectivity index (χ3n) is 2.97. The van der Waals surface area contributed by atoms with E-state index in [-0.39, 0.29) is 0 Å². The molecule has 1 fully saturated rings. The van der Waals surface area contributed by atoms with Crippen LogP contribution in [0.25, 0.3) is 0 Å². The van der Waals surface area contributed by atoms with Crippen LogP contribution in [0.2, 0.25) is 0 Å². The fourth-order valence-electron chi connectivity index (χ4n) is 1.93. The molecule has 0 atom stereocenters. The second kappa shape index (κ2) is 4.04. The molecule has 1 saturated carbocycles. The lowest BCUT2D eigenvalue weighted by Gasteiger charge is -2.23. The third-order valence-corrected chi connectivity index (χ3v) is 2.97. The molecule has 0 unspecified atom stereocenters. The molecule has 1 aliphatic rings. The van der Waals surface area contributed by atoms with E-state index in [9.17, 15) is 4.79 Å². The van der Waals surface area contributed by atoms with Gasteiger partial charge in [-0.25, -0.2) is 4.79 Å². The molecule has 1 N–H and O–H groups in total. The first-order valence-corrected chi connectivity index (χ1v) is 5.45. The summed E-state index contributed by atoms with van der Waals surface area (Å²) in [5, 5.41) is 13.1. The summed E-state index contributed by atoms with van der Waals surface area (Å²) < 4.78 is 5.12.